The van der Waals surface area contributed by atoms with Gasteiger partial charge >= 0.3 is 6.09 Å². The molecule has 0 aromatic heterocycles. The molecule has 114 valence electrons. The fourth-order valence-corrected chi connectivity index (χ4v) is 3.32. The van der Waals surface area contributed by atoms with Crippen molar-refractivity contribution in [2.75, 3.05) is 32.8 Å². The summed E-state index contributed by atoms with van der Waals surface area (Å²) >= 11 is 0. The van der Waals surface area contributed by atoms with E-state index in [2.05, 4.69) is 11.8 Å². The third-order valence-electron chi connectivity index (χ3n) is 4.35. The summed E-state index contributed by atoms with van der Waals surface area (Å²) in [4.78, 5) is 15.6. The van der Waals surface area contributed by atoms with Crippen LogP contribution in [0.3, 0.4) is 0 Å². The largest absolute Gasteiger partial charge is 0.448 e. The highest BCUT2D eigenvalue weighted by atomic mass is 19.1. The van der Waals surface area contributed by atoms with Gasteiger partial charge in [-0.25, -0.2) is 9.18 Å². The Hall–Kier alpha value is -1.62. The van der Waals surface area contributed by atoms with E-state index in [4.69, 9.17) is 4.74 Å². The number of likely N-dealkylation sites (tertiary alicyclic amines) is 1. The molecule has 0 unspecified atom stereocenters. The fourth-order valence-electron chi connectivity index (χ4n) is 3.32. The molecule has 21 heavy (non-hydrogen) atoms. The Bertz CT molecular complexity index is 523. The maximum Gasteiger partial charge on any atom is 0.409 e. The summed E-state index contributed by atoms with van der Waals surface area (Å²) in [6.45, 7) is 5.86. The standard InChI is InChI=1S/C16H21FN2O2/c1-12-9-15(13-3-2-4-14(17)10-13)19(11-12)6-5-18-7-8-21-16(18)20/h2-4,10,12,15H,5-9,11H2,1H3/t12-,15+/m0/s1. The van der Waals surface area contributed by atoms with Gasteiger partial charge in [0, 0.05) is 25.7 Å². The fraction of sp³-hybridized carbons (Fsp3) is 0.562. The van der Waals surface area contributed by atoms with Crippen LogP contribution >= 0.6 is 0 Å². The zero-order valence-electron chi connectivity index (χ0n) is 12.3. The van der Waals surface area contributed by atoms with E-state index >= 15 is 0 Å². The van der Waals surface area contributed by atoms with Crippen molar-refractivity contribution in [2.45, 2.75) is 19.4 Å². The van der Waals surface area contributed by atoms with Gasteiger partial charge in [0.1, 0.15) is 12.4 Å². The summed E-state index contributed by atoms with van der Waals surface area (Å²) < 4.78 is 18.4. The Labute approximate surface area is 124 Å². The van der Waals surface area contributed by atoms with Crippen LogP contribution in [0, 0.1) is 11.7 Å². The minimum Gasteiger partial charge on any atom is -0.448 e. The van der Waals surface area contributed by atoms with Gasteiger partial charge in [0.15, 0.2) is 0 Å². The Morgan fingerprint density at radius 1 is 1.38 bits per heavy atom. The summed E-state index contributed by atoms with van der Waals surface area (Å²) in [5.41, 5.74) is 1.03. The van der Waals surface area contributed by atoms with Crippen LogP contribution in [0.4, 0.5) is 9.18 Å². The van der Waals surface area contributed by atoms with Crippen LogP contribution in [0.25, 0.3) is 0 Å². The molecule has 0 aliphatic carbocycles. The van der Waals surface area contributed by atoms with Gasteiger partial charge in [-0.3, -0.25) is 4.90 Å². The molecule has 0 bridgehead atoms. The molecule has 2 fully saturated rings. The molecular formula is C16H21FN2O2. The van der Waals surface area contributed by atoms with E-state index in [1.807, 2.05) is 6.07 Å². The molecule has 0 N–H and O–H groups in total. The predicted octanol–water partition coefficient (Wildman–Crippen LogP) is 2.66. The first-order valence-corrected chi connectivity index (χ1v) is 7.54. The third kappa shape index (κ3) is 3.18. The minimum atomic E-state index is -0.218. The normalized spacial score (nSPS) is 26.4. The molecule has 2 aliphatic heterocycles. The molecule has 2 saturated heterocycles. The number of amides is 1. The lowest BCUT2D eigenvalue weighted by atomic mass is 10.0. The van der Waals surface area contributed by atoms with E-state index in [1.54, 1.807) is 17.0 Å². The molecular weight excluding hydrogens is 271 g/mol. The van der Waals surface area contributed by atoms with Crippen molar-refractivity contribution in [1.82, 2.24) is 9.80 Å². The van der Waals surface area contributed by atoms with Crippen LogP contribution in [-0.4, -0.2) is 48.7 Å². The first-order chi connectivity index (χ1) is 10.1. The lowest BCUT2D eigenvalue weighted by molar-refractivity contribution is 0.152. The number of benzene rings is 1. The van der Waals surface area contributed by atoms with Gasteiger partial charge in [-0.05, 0) is 30.0 Å². The molecule has 1 aromatic rings. The average Bonchev–Trinajstić information content (AvgIpc) is 3.02. The number of halogens is 1. The van der Waals surface area contributed by atoms with Gasteiger partial charge in [0.2, 0.25) is 0 Å². The third-order valence-corrected chi connectivity index (χ3v) is 4.35. The van der Waals surface area contributed by atoms with Crippen molar-refractivity contribution >= 4 is 6.09 Å². The van der Waals surface area contributed by atoms with Crippen LogP contribution in [-0.2, 0) is 4.74 Å². The van der Waals surface area contributed by atoms with Crippen molar-refractivity contribution in [3.63, 3.8) is 0 Å². The molecule has 2 heterocycles. The second kappa shape index (κ2) is 6.02. The molecule has 2 atom stereocenters. The summed E-state index contributed by atoms with van der Waals surface area (Å²) in [7, 11) is 0. The van der Waals surface area contributed by atoms with Crippen molar-refractivity contribution in [3.05, 3.63) is 35.6 Å². The molecule has 0 radical (unpaired) electrons. The minimum absolute atomic E-state index is 0.185. The quantitative estimate of drug-likeness (QED) is 0.855. The molecule has 1 aromatic carbocycles. The number of cyclic esters (lactones) is 1. The molecule has 0 saturated carbocycles. The van der Waals surface area contributed by atoms with Crippen molar-refractivity contribution < 1.29 is 13.9 Å². The SMILES string of the molecule is C[C@H]1C[C@H](c2cccc(F)c2)N(CCN2CCOC2=O)C1. The molecule has 3 rings (SSSR count). The number of ether oxygens (including phenoxy) is 1. The summed E-state index contributed by atoms with van der Waals surface area (Å²) in [5.74, 6) is 0.402. The van der Waals surface area contributed by atoms with E-state index in [-0.39, 0.29) is 18.0 Å². The van der Waals surface area contributed by atoms with E-state index in [9.17, 15) is 9.18 Å². The number of carbonyl (C=O) groups excluding carboxylic acids is 1. The maximum absolute atomic E-state index is 13.4. The second-order valence-electron chi connectivity index (χ2n) is 6.01. The van der Waals surface area contributed by atoms with Gasteiger partial charge in [-0.1, -0.05) is 19.1 Å². The first kappa shape index (κ1) is 14.3. The van der Waals surface area contributed by atoms with E-state index < -0.39 is 0 Å². The van der Waals surface area contributed by atoms with Crippen LogP contribution in [0.1, 0.15) is 24.9 Å². The lowest BCUT2D eigenvalue weighted by Gasteiger charge is -2.26. The van der Waals surface area contributed by atoms with E-state index in [0.29, 0.717) is 25.6 Å². The Balaban J connectivity index is 1.66. The van der Waals surface area contributed by atoms with Gasteiger partial charge < -0.3 is 9.64 Å². The zero-order chi connectivity index (χ0) is 14.8. The van der Waals surface area contributed by atoms with E-state index in [0.717, 1.165) is 25.1 Å². The van der Waals surface area contributed by atoms with Gasteiger partial charge in [0.25, 0.3) is 0 Å². The molecule has 5 heteroatoms. The number of rotatable bonds is 4. The van der Waals surface area contributed by atoms with Crippen LogP contribution in [0.2, 0.25) is 0 Å². The van der Waals surface area contributed by atoms with Gasteiger partial charge in [-0.2, -0.15) is 0 Å². The topological polar surface area (TPSA) is 32.8 Å². The molecule has 1 amide bonds. The van der Waals surface area contributed by atoms with Crippen LogP contribution in [0.5, 0.6) is 0 Å². The Morgan fingerprint density at radius 2 is 2.24 bits per heavy atom. The molecule has 0 spiro atoms. The van der Waals surface area contributed by atoms with Crippen LogP contribution < -0.4 is 0 Å². The number of hydrogen-bond acceptors (Lipinski definition) is 3. The Kier molecular flexibility index (Phi) is 4.10. The molecule has 4 nitrogen and oxygen atoms in total. The second-order valence-corrected chi connectivity index (χ2v) is 6.01. The highest BCUT2D eigenvalue weighted by Crippen LogP contribution is 2.35. The number of nitrogens with zero attached hydrogens (tertiary/aromatic N) is 2. The monoisotopic (exact) mass is 292 g/mol. The average molecular weight is 292 g/mol. The van der Waals surface area contributed by atoms with Gasteiger partial charge in [-0.15, -0.1) is 0 Å². The lowest BCUT2D eigenvalue weighted by Crippen LogP contribution is -2.35. The number of hydrogen-bond donors (Lipinski definition) is 0. The number of carbonyl (C=O) groups is 1. The summed E-state index contributed by atoms with van der Waals surface area (Å²) in [6.07, 6.45) is 0.818. The Morgan fingerprint density at radius 3 is 2.95 bits per heavy atom. The summed E-state index contributed by atoms with van der Waals surface area (Å²) in [6, 6.07) is 7.10. The molecule has 2 aliphatic rings. The highest BCUT2D eigenvalue weighted by Gasteiger charge is 2.32. The summed E-state index contributed by atoms with van der Waals surface area (Å²) in [5, 5.41) is 0. The van der Waals surface area contributed by atoms with Crippen molar-refractivity contribution in [2.24, 2.45) is 5.92 Å². The predicted molar refractivity (Wildman–Crippen MR) is 77.4 cm³/mol. The van der Waals surface area contributed by atoms with Crippen molar-refractivity contribution in [3.8, 4) is 0 Å². The maximum atomic E-state index is 13.4. The van der Waals surface area contributed by atoms with Crippen molar-refractivity contribution in [1.29, 1.82) is 0 Å². The highest BCUT2D eigenvalue weighted by molar-refractivity contribution is 5.69. The smallest absolute Gasteiger partial charge is 0.409 e. The van der Waals surface area contributed by atoms with Crippen LogP contribution in [0.15, 0.2) is 24.3 Å². The van der Waals surface area contributed by atoms with E-state index in [1.165, 1.54) is 6.07 Å². The first-order valence-electron chi connectivity index (χ1n) is 7.54. The van der Waals surface area contributed by atoms with Gasteiger partial charge in [0.05, 0.1) is 6.54 Å². The zero-order valence-corrected chi connectivity index (χ0v) is 12.3.